The van der Waals surface area contributed by atoms with Crippen molar-refractivity contribution < 1.29 is 31.8 Å². The minimum absolute atomic E-state index is 0.0438. The van der Waals surface area contributed by atoms with Crippen LogP contribution >= 0.6 is 0 Å². The molecule has 0 saturated heterocycles. The molecule has 3 aromatic carbocycles. The topological polar surface area (TPSA) is 129 Å². The summed E-state index contributed by atoms with van der Waals surface area (Å²) >= 11 is 0. The van der Waals surface area contributed by atoms with E-state index in [2.05, 4.69) is 5.32 Å². The number of amides is 1. The normalized spacial score (nSPS) is 18.0. The Morgan fingerprint density at radius 2 is 1.90 bits per heavy atom. The summed E-state index contributed by atoms with van der Waals surface area (Å²) in [5.74, 6) is 0.550. The molecule has 0 saturated carbocycles. The lowest BCUT2D eigenvalue weighted by molar-refractivity contribution is -0.123. The van der Waals surface area contributed by atoms with Crippen molar-refractivity contribution in [1.82, 2.24) is 14.2 Å². The van der Waals surface area contributed by atoms with Crippen LogP contribution in [-0.4, -0.2) is 56.6 Å². The van der Waals surface area contributed by atoms with Gasteiger partial charge < -0.3 is 23.9 Å². The Morgan fingerprint density at radius 3 is 2.73 bits per heavy atom. The van der Waals surface area contributed by atoms with Crippen molar-refractivity contribution >= 4 is 27.0 Å². The van der Waals surface area contributed by atoms with Crippen molar-refractivity contribution in [1.29, 1.82) is 0 Å². The fourth-order valence-corrected chi connectivity index (χ4v) is 6.96. The molecule has 0 spiro atoms. The number of aryl methyl sites for hydroxylation is 1. The molecule has 3 aliphatic rings. The van der Waals surface area contributed by atoms with E-state index in [0.29, 0.717) is 54.3 Å². The summed E-state index contributed by atoms with van der Waals surface area (Å²) in [4.78, 5) is 24.4. The fourth-order valence-electron chi connectivity index (χ4n) is 5.34. The molecule has 0 radical (unpaired) electrons. The molecular weight excluding hydrogens is 550 g/mol. The smallest absolute Gasteiger partial charge is 0.419 e. The highest BCUT2D eigenvalue weighted by molar-refractivity contribution is 7.89. The molecule has 12 heteroatoms. The molecule has 41 heavy (non-hydrogen) atoms. The van der Waals surface area contributed by atoms with Gasteiger partial charge in [-0.1, -0.05) is 12.1 Å². The highest BCUT2D eigenvalue weighted by Crippen LogP contribution is 2.44. The number of sulfonamides is 1. The van der Waals surface area contributed by atoms with E-state index in [9.17, 15) is 18.0 Å². The molecule has 1 atom stereocenters. The molecule has 1 unspecified atom stereocenters. The van der Waals surface area contributed by atoms with Crippen molar-refractivity contribution in [3.05, 3.63) is 81.8 Å². The summed E-state index contributed by atoms with van der Waals surface area (Å²) in [5, 5.41) is 2.82. The lowest BCUT2D eigenvalue weighted by Gasteiger charge is -2.37. The fraction of sp³-hybridized carbons (Fsp3) is 0.310. The van der Waals surface area contributed by atoms with Crippen LogP contribution in [0.1, 0.15) is 29.2 Å². The highest BCUT2D eigenvalue weighted by atomic mass is 32.2. The summed E-state index contributed by atoms with van der Waals surface area (Å²) < 4.78 is 53.9. The SMILES string of the molecule is COc1cc2c3cc1OCC(=O)NCCCOc1cccc(c1)C2N(S(=O)(=O)c1ccc2oc(=O)n(C)c2c1)CC3. The molecule has 3 aliphatic heterocycles. The van der Waals surface area contributed by atoms with Crippen molar-refractivity contribution in [2.24, 2.45) is 7.05 Å². The molecule has 214 valence electrons. The van der Waals surface area contributed by atoms with Crippen molar-refractivity contribution in [3.63, 3.8) is 0 Å². The Balaban J connectivity index is 1.51. The van der Waals surface area contributed by atoms with Gasteiger partial charge in [-0.3, -0.25) is 9.36 Å². The Kier molecular flexibility index (Phi) is 6.96. The zero-order valence-electron chi connectivity index (χ0n) is 22.6. The number of methoxy groups -OCH3 is 1. The largest absolute Gasteiger partial charge is 0.494 e. The summed E-state index contributed by atoms with van der Waals surface area (Å²) in [6.45, 7) is 0.787. The molecule has 1 aromatic heterocycles. The predicted octanol–water partition coefficient (Wildman–Crippen LogP) is 2.75. The molecule has 6 bridgehead atoms. The lowest BCUT2D eigenvalue weighted by atomic mass is 9.89. The molecule has 0 fully saturated rings. The van der Waals surface area contributed by atoms with Crippen LogP contribution in [0.2, 0.25) is 0 Å². The number of rotatable bonds is 3. The van der Waals surface area contributed by atoms with Gasteiger partial charge in [0.1, 0.15) is 5.75 Å². The Hall–Kier alpha value is -4.29. The first kappa shape index (κ1) is 26.9. The number of nitrogens with zero attached hydrogens (tertiary/aromatic N) is 2. The Morgan fingerprint density at radius 1 is 1.05 bits per heavy atom. The maximum absolute atomic E-state index is 14.3. The van der Waals surface area contributed by atoms with Gasteiger partial charge in [0.25, 0.3) is 5.91 Å². The van der Waals surface area contributed by atoms with Gasteiger partial charge in [-0.05, 0) is 72.0 Å². The van der Waals surface area contributed by atoms with Crippen molar-refractivity contribution in [2.75, 3.05) is 33.4 Å². The van der Waals surface area contributed by atoms with Gasteiger partial charge >= 0.3 is 5.76 Å². The molecule has 7 rings (SSSR count). The number of benzene rings is 3. The number of oxazole rings is 1. The lowest BCUT2D eigenvalue weighted by Crippen LogP contribution is -2.40. The average molecular weight is 580 g/mol. The first-order valence-corrected chi connectivity index (χ1v) is 14.6. The van der Waals surface area contributed by atoms with E-state index in [4.69, 9.17) is 18.6 Å². The van der Waals surface area contributed by atoms with Crippen LogP contribution in [0.5, 0.6) is 17.2 Å². The van der Waals surface area contributed by atoms with Crippen LogP contribution in [0.25, 0.3) is 11.1 Å². The van der Waals surface area contributed by atoms with Crippen molar-refractivity contribution in [2.45, 2.75) is 23.8 Å². The van der Waals surface area contributed by atoms with Gasteiger partial charge in [0.2, 0.25) is 10.0 Å². The maximum Gasteiger partial charge on any atom is 0.419 e. The Labute approximate surface area is 236 Å². The van der Waals surface area contributed by atoms with E-state index in [1.807, 2.05) is 30.3 Å². The van der Waals surface area contributed by atoms with Gasteiger partial charge in [-0.2, -0.15) is 4.31 Å². The van der Waals surface area contributed by atoms with Gasteiger partial charge in [-0.25, -0.2) is 13.2 Å². The minimum atomic E-state index is -4.06. The third-order valence-electron chi connectivity index (χ3n) is 7.42. The third-order valence-corrected chi connectivity index (χ3v) is 9.28. The van der Waals surface area contributed by atoms with Crippen LogP contribution in [0.15, 0.2) is 68.7 Å². The number of fused-ring (bicyclic) bond motifs is 9. The summed E-state index contributed by atoms with van der Waals surface area (Å²) in [6.07, 6.45) is 0.986. The van der Waals surface area contributed by atoms with E-state index in [1.54, 1.807) is 6.07 Å². The van der Waals surface area contributed by atoms with E-state index >= 15 is 0 Å². The quantitative estimate of drug-likeness (QED) is 0.392. The van der Waals surface area contributed by atoms with E-state index in [0.717, 1.165) is 16.7 Å². The first-order chi connectivity index (χ1) is 19.8. The maximum atomic E-state index is 14.3. The predicted molar refractivity (Wildman–Crippen MR) is 149 cm³/mol. The monoisotopic (exact) mass is 579 g/mol. The van der Waals surface area contributed by atoms with Crippen LogP contribution in [0, 0.1) is 0 Å². The molecule has 11 nitrogen and oxygen atoms in total. The highest BCUT2D eigenvalue weighted by Gasteiger charge is 2.39. The minimum Gasteiger partial charge on any atom is -0.494 e. The number of aromatic nitrogens is 1. The molecule has 4 aromatic rings. The summed E-state index contributed by atoms with van der Waals surface area (Å²) in [6, 6.07) is 14.7. The van der Waals surface area contributed by atoms with Gasteiger partial charge in [0.05, 0.1) is 30.2 Å². The zero-order valence-corrected chi connectivity index (χ0v) is 23.4. The van der Waals surface area contributed by atoms with Crippen LogP contribution in [0.3, 0.4) is 0 Å². The second-order valence-corrected chi connectivity index (χ2v) is 11.8. The van der Waals surface area contributed by atoms with E-state index in [1.165, 1.54) is 41.2 Å². The molecule has 0 aliphatic carbocycles. The van der Waals surface area contributed by atoms with Gasteiger partial charge in [0, 0.05) is 20.1 Å². The Bertz CT molecular complexity index is 1810. The number of ether oxygens (including phenoxy) is 3. The number of hydrogen-bond donors (Lipinski definition) is 1. The number of carbonyl (C=O) groups is 1. The standard InChI is InChI=1S/C29H29N3O8S/c1-31-23-15-21(7-8-24(23)40-29(31)34)41(35,36)32-11-9-18-14-26-25(37-2)16-22(18)28(32)19-5-3-6-20(13-19)38-12-4-10-30-27(33)17-39-26/h3,5-8,13-16,28H,4,9-12,17H2,1-2H3,(H,30,33). The van der Waals surface area contributed by atoms with E-state index in [-0.39, 0.29) is 24.0 Å². The van der Waals surface area contributed by atoms with Crippen molar-refractivity contribution in [3.8, 4) is 17.2 Å². The number of nitrogens with one attached hydrogen (secondary N) is 1. The van der Waals surface area contributed by atoms with Gasteiger partial charge in [0.15, 0.2) is 23.7 Å². The third kappa shape index (κ3) is 4.93. The summed E-state index contributed by atoms with van der Waals surface area (Å²) in [7, 11) is -1.03. The summed E-state index contributed by atoms with van der Waals surface area (Å²) in [5.41, 5.74) is 3.02. The van der Waals surface area contributed by atoms with Crippen LogP contribution < -0.4 is 25.3 Å². The number of hydrogen-bond acceptors (Lipinski definition) is 8. The first-order valence-electron chi connectivity index (χ1n) is 13.2. The van der Waals surface area contributed by atoms with Crippen LogP contribution in [-0.2, 0) is 28.3 Å². The zero-order chi connectivity index (χ0) is 28.7. The second-order valence-electron chi connectivity index (χ2n) is 9.94. The second kappa shape index (κ2) is 10.6. The molecule has 1 N–H and O–H groups in total. The van der Waals surface area contributed by atoms with Gasteiger partial charge in [-0.15, -0.1) is 0 Å². The molecule has 4 heterocycles. The van der Waals surface area contributed by atoms with E-state index < -0.39 is 21.8 Å². The molecule has 1 amide bonds. The average Bonchev–Trinajstić information content (AvgIpc) is 3.26. The number of carbonyl (C=O) groups excluding carboxylic acids is 1. The van der Waals surface area contributed by atoms with Crippen LogP contribution in [0.4, 0.5) is 0 Å². The molecular formula is C29H29N3O8S.